The second-order valence-electron chi connectivity index (χ2n) is 6.03. The van der Waals surface area contributed by atoms with Crippen LogP contribution in [0.2, 0.25) is 5.02 Å². The molecule has 5 nitrogen and oxygen atoms in total. The maximum Gasteiger partial charge on any atom is 0.328 e. The van der Waals surface area contributed by atoms with E-state index in [2.05, 4.69) is 10.3 Å². The molecule has 2 aromatic carbocycles. The van der Waals surface area contributed by atoms with E-state index < -0.39 is 12.0 Å². The van der Waals surface area contributed by atoms with Gasteiger partial charge in [-0.1, -0.05) is 41.9 Å². The number of H-pyrrole nitrogens is 1. The van der Waals surface area contributed by atoms with Crippen LogP contribution in [0.25, 0.3) is 17.0 Å². The van der Waals surface area contributed by atoms with Gasteiger partial charge in [-0.25, -0.2) is 4.79 Å². The molecule has 0 radical (unpaired) electrons. The minimum Gasteiger partial charge on any atom is -0.467 e. The number of hydrogen-bond acceptors (Lipinski definition) is 3. The fourth-order valence-electron chi connectivity index (χ4n) is 2.82. The van der Waals surface area contributed by atoms with Crippen molar-refractivity contribution in [3.63, 3.8) is 0 Å². The maximum atomic E-state index is 12.3. The van der Waals surface area contributed by atoms with E-state index in [9.17, 15) is 9.59 Å². The Morgan fingerprint density at radius 3 is 2.67 bits per heavy atom. The van der Waals surface area contributed by atoms with Gasteiger partial charge in [0.15, 0.2) is 0 Å². The molecule has 1 aromatic heterocycles. The standard InChI is InChI=1S/C21H19ClN2O3/c1-27-21(26)19(12-15-13-23-18-5-3-2-4-17(15)18)24-20(25)11-8-14-6-9-16(22)10-7-14/h2-11,13,19,23H,12H2,1H3,(H,24,25)/b11-8+/t19-/m1/s1. The summed E-state index contributed by atoms with van der Waals surface area (Å²) in [7, 11) is 1.31. The lowest BCUT2D eigenvalue weighted by Crippen LogP contribution is -2.42. The van der Waals surface area contributed by atoms with Crippen molar-refractivity contribution in [2.75, 3.05) is 7.11 Å². The van der Waals surface area contributed by atoms with E-state index in [0.717, 1.165) is 22.0 Å². The van der Waals surface area contributed by atoms with E-state index in [1.54, 1.807) is 30.3 Å². The number of carbonyl (C=O) groups excluding carboxylic acids is 2. The van der Waals surface area contributed by atoms with E-state index >= 15 is 0 Å². The van der Waals surface area contributed by atoms with Gasteiger partial charge in [-0.2, -0.15) is 0 Å². The summed E-state index contributed by atoms with van der Waals surface area (Å²) in [6, 6.07) is 14.1. The van der Waals surface area contributed by atoms with Crippen LogP contribution in [0, 0.1) is 0 Å². The number of fused-ring (bicyclic) bond motifs is 1. The third kappa shape index (κ3) is 4.77. The van der Waals surface area contributed by atoms with Crippen molar-refractivity contribution in [1.29, 1.82) is 0 Å². The van der Waals surface area contributed by atoms with Gasteiger partial charge in [-0.3, -0.25) is 4.79 Å². The number of nitrogens with one attached hydrogen (secondary N) is 2. The second kappa shape index (κ2) is 8.56. The first-order valence-electron chi connectivity index (χ1n) is 8.44. The van der Waals surface area contributed by atoms with Crippen molar-refractivity contribution in [2.24, 2.45) is 0 Å². The summed E-state index contributed by atoms with van der Waals surface area (Å²) in [5.74, 6) is -0.867. The van der Waals surface area contributed by atoms with Crippen molar-refractivity contribution in [3.05, 3.63) is 77.0 Å². The highest BCUT2D eigenvalue weighted by atomic mass is 35.5. The molecule has 0 bridgehead atoms. The number of para-hydroxylation sites is 1. The van der Waals surface area contributed by atoms with Crippen LogP contribution in [0.5, 0.6) is 0 Å². The van der Waals surface area contributed by atoms with Gasteiger partial charge in [0, 0.05) is 34.6 Å². The highest BCUT2D eigenvalue weighted by Gasteiger charge is 2.22. The van der Waals surface area contributed by atoms with Crippen molar-refractivity contribution in [3.8, 4) is 0 Å². The number of rotatable bonds is 6. The summed E-state index contributed by atoms with van der Waals surface area (Å²) in [5.41, 5.74) is 2.74. The molecular weight excluding hydrogens is 364 g/mol. The first-order valence-corrected chi connectivity index (χ1v) is 8.81. The van der Waals surface area contributed by atoms with Crippen LogP contribution >= 0.6 is 11.6 Å². The maximum absolute atomic E-state index is 12.3. The molecule has 27 heavy (non-hydrogen) atoms. The Morgan fingerprint density at radius 2 is 1.93 bits per heavy atom. The molecule has 3 aromatic rings. The number of amides is 1. The Balaban J connectivity index is 1.72. The number of carbonyl (C=O) groups is 2. The SMILES string of the molecule is COC(=O)[C@@H](Cc1c[nH]c2ccccc12)NC(=O)/C=C/c1ccc(Cl)cc1. The molecule has 2 N–H and O–H groups in total. The molecule has 1 heterocycles. The lowest BCUT2D eigenvalue weighted by Gasteiger charge is -2.15. The molecule has 0 aliphatic carbocycles. The predicted molar refractivity (Wildman–Crippen MR) is 106 cm³/mol. The average Bonchev–Trinajstić information content (AvgIpc) is 3.09. The molecule has 0 aliphatic heterocycles. The van der Waals surface area contributed by atoms with E-state index in [1.807, 2.05) is 30.5 Å². The zero-order chi connectivity index (χ0) is 19.2. The molecule has 138 valence electrons. The topological polar surface area (TPSA) is 71.2 Å². The number of aromatic amines is 1. The monoisotopic (exact) mass is 382 g/mol. The third-order valence-electron chi connectivity index (χ3n) is 4.20. The summed E-state index contributed by atoms with van der Waals surface area (Å²) >= 11 is 5.85. The zero-order valence-electron chi connectivity index (χ0n) is 14.7. The zero-order valence-corrected chi connectivity index (χ0v) is 15.5. The summed E-state index contributed by atoms with van der Waals surface area (Å²) in [5, 5.41) is 4.35. The van der Waals surface area contributed by atoms with Crippen LogP contribution < -0.4 is 5.32 Å². The Morgan fingerprint density at radius 1 is 1.19 bits per heavy atom. The number of hydrogen-bond donors (Lipinski definition) is 2. The van der Waals surface area contributed by atoms with Gasteiger partial charge in [0.25, 0.3) is 0 Å². The first kappa shape index (κ1) is 18.7. The van der Waals surface area contributed by atoms with Crippen LogP contribution in [0.4, 0.5) is 0 Å². The summed E-state index contributed by atoms with van der Waals surface area (Å²) in [6.45, 7) is 0. The normalized spacial score (nSPS) is 12.2. The van der Waals surface area contributed by atoms with Gasteiger partial charge in [-0.15, -0.1) is 0 Å². The third-order valence-corrected chi connectivity index (χ3v) is 4.45. The lowest BCUT2D eigenvalue weighted by atomic mass is 10.0. The van der Waals surface area contributed by atoms with Crippen LogP contribution in [0.3, 0.4) is 0 Å². The molecule has 1 amide bonds. The number of esters is 1. The number of methoxy groups -OCH3 is 1. The van der Waals surface area contributed by atoms with Gasteiger partial charge < -0.3 is 15.0 Å². The molecule has 0 aliphatic rings. The fourth-order valence-corrected chi connectivity index (χ4v) is 2.95. The van der Waals surface area contributed by atoms with Gasteiger partial charge >= 0.3 is 5.97 Å². The smallest absolute Gasteiger partial charge is 0.328 e. The van der Waals surface area contributed by atoms with E-state index in [4.69, 9.17) is 16.3 Å². The minimum absolute atomic E-state index is 0.331. The molecule has 0 unspecified atom stereocenters. The summed E-state index contributed by atoms with van der Waals surface area (Å²) in [4.78, 5) is 27.6. The highest BCUT2D eigenvalue weighted by Crippen LogP contribution is 2.19. The number of halogens is 1. The van der Waals surface area contributed by atoms with Crippen LogP contribution in [-0.4, -0.2) is 30.0 Å². The van der Waals surface area contributed by atoms with Crippen LogP contribution in [0.1, 0.15) is 11.1 Å². The van der Waals surface area contributed by atoms with Crippen molar-refractivity contribution < 1.29 is 14.3 Å². The quantitative estimate of drug-likeness (QED) is 0.504. The second-order valence-corrected chi connectivity index (χ2v) is 6.47. The van der Waals surface area contributed by atoms with E-state index in [1.165, 1.54) is 13.2 Å². The van der Waals surface area contributed by atoms with Gasteiger partial charge in [0.05, 0.1) is 7.11 Å². The Hall–Kier alpha value is -3.05. The molecular formula is C21H19ClN2O3. The number of aromatic nitrogens is 1. The fraction of sp³-hybridized carbons (Fsp3) is 0.143. The molecule has 0 fully saturated rings. The van der Waals surface area contributed by atoms with Gasteiger partial charge in [0.2, 0.25) is 5.91 Å². The van der Waals surface area contributed by atoms with Gasteiger partial charge in [0.1, 0.15) is 6.04 Å². The minimum atomic E-state index is -0.781. The van der Waals surface area contributed by atoms with Gasteiger partial charge in [-0.05, 0) is 35.4 Å². The molecule has 6 heteroatoms. The molecule has 1 atom stereocenters. The van der Waals surface area contributed by atoms with E-state index in [-0.39, 0.29) is 5.91 Å². The van der Waals surface area contributed by atoms with Crippen molar-refractivity contribution in [1.82, 2.24) is 10.3 Å². The summed E-state index contributed by atoms with van der Waals surface area (Å²) < 4.78 is 4.85. The van der Waals surface area contributed by atoms with Crippen LogP contribution in [0.15, 0.2) is 60.8 Å². The molecule has 0 saturated heterocycles. The number of benzene rings is 2. The van der Waals surface area contributed by atoms with Crippen molar-refractivity contribution in [2.45, 2.75) is 12.5 Å². The predicted octanol–water partition coefficient (Wildman–Crippen LogP) is 3.74. The molecule has 0 spiro atoms. The lowest BCUT2D eigenvalue weighted by molar-refractivity contribution is -0.144. The first-order chi connectivity index (χ1) is 13.1. The molecule has 3 rings (SSSR count). The highest BCUT2D eigenvalue weighted by molar-refractivity contribution is 6.30. The largest absolute Gasteiger partial charge is 0.467 e. The summed E-state index contributed by atoms with van der Waals surface area (Å²) in [6.07, 6.45) is 5.22. The molecule has 0 saturated carbocycles. The van der Waals surface area contributed by atoms with Crippen LogP contribution in [-0.2, 0) is 20.7 Å². The van der Waals surface area contributed by atoms with Crippen molar-refractivity contribution >= 4 is 40.5 Å². The Bertz CT molecular complexity index is 977. The number of ether oxygens (including phenoxy) is 1. The average molecular weight is 383 g/mol. The van der Waals surface area contributed by atoms with E-state index in [0.29, 0.717) is 11.4 Å². The Kier molecular flexibility index (Phi) is 5.94. The Labute approximate surface area is 162 Å².